The van der Waals surface area contributed by atoms with E-state index >= 15 is 0 Å². The van der Waals surface area contributed by atoms with Gasteiger partial charge in [0.1, 0.15) is 36.0 Å². The number of aliphatic hydroxyl groups is 1. The zero-order chi connectivity index (χ0) is 16.2. The van der Waals surface area contributed by atoms with Crippen molar-refractivity contribution in [2.75, 3.05) is 25.6 Å². The second kappa shape index (κ2) is 6.89. The van der Waals surface area contributed by atoms with Crippen LogP contribution in [0.2, 0.25) is 0 Å². The third-order valence-corrected chi connectivity index (χ3v) is 4.31. The Kier molecular flexibility index (Phi) is 4.68. The molecule has 0 amide bonds. The third kappa shape index (κ3) is 3.57. The molecule has 0 bridgehead atoms. The Morgan fingerprint density at radius 3 is 2.91 bits per heavy atom. The van der Waals surface area contributed by atoms with Crippen LogP contribution in [0.15, 0.2) is 36.5 Å². The molecular weight excluding hydrogens is 317 g/mol. The molecule has 7 heteroatoms. The van der Waals surface area contributed by atoms with Gasteiger partial charge >= 0.3 is 0 Å². The molecule has 2 N–H and O–H groups in total. The van der Waals surface area contributed by atoms with Crippen molar-refractivity contribution in [1.82, 2.24) is 9.97 Å². The van der Waals surface area contributed by atoms with Crippen LogP contribution in [0.4, 0.5) is 10.2 Å². The Morgan fingerprint density at radius 1 is 1.35 bits per heavy atom. The minimum atomic E-state index is -1.10. The maximum atomic E-state index is 12.2. The van der Waals surface area contributed by atoms with Crippen LogP contribution in [-0.2, 0) is 0 Å². The molecule has 1 atom stereocenters. The number of hydrogen-bond donors (Lipinski definition) is 2. The summed E-state index contributed by atoms with van der Waals surface area (Å²) >= 11 is 1.53. The zero-order valence-electron chi connectivity index (χ0n) is 12.5. The number of hydrogen-bond acceptors (Lipinski definition) is 6. The molecule has 3 rings (SSSR count). The summed E-state index contributed by atoms with van der Waals surface area (Å²) < 4.78 is 18.6. The molecule has 1 aromatic carbocycles. The lowest BCUT2D eigenvalue weighted by atomic mass is 10.3. The van der Waals surface area contributed by atoms with Crippen molar-refractivity contribution < 1.29 is 14.2 Å². The highest BCUT2D eigenvalue weighted by atomic mass is 32.1. The number of alkyl halides is 1. The number of thiazole rings is 1. The number of ether oxygens (including phenoxy) is 1. The van der Waals surface area contributed by atoms with Gasteiger partial charge in [-0.15, -0.1) is 11.3 Å². The largest absolute Gasteiger partial charge is 0.491 e. The van der Waals surface area contributed by atoms with Gasteiger partial charge in [-0.25, -0.2) is 14.4 Å². The number of anilines is 1. The lowest BCUT2D eigenvalue weighted by Gasteiger charge is -2.08. The molecule has 23 heavy (non-hydrogen) atoms. The summed E-state index contributed by atoms with van der Waals surface area (Å²) in [5.74, 6) is 1.39. The summed E-state index contributed by atoms with van der Waals surface area (Å²) in [5.41, 5.74) is 1.81. The highest BCUT2D eigenvalue weighted by molar-refractivity contribution is 7.21. The molecule has 120 valence electrons. The first-order valence-electron chi connectivity index (χ1n) is 7.11. The second-order valence-corrected chi connectivity index (χ2v) is 5.98. The number of aromatic nitrogens is 2. The van der Waals surface area contributed by atoms with Gasteiger partial charge in [0.2, 0.25) is 0 Å². The summed E-state index contributed by atoms with van der Waals surface area (Å²) in [4.78, 5) is 8.87. The van der Waals surface area contributed by atoms with Crippen molar-refractivity contribution in [2.45, 2.75) is 6.10 Å². The average Bonchev–Trinajstić information content (AvgIpc) is 3.03. The number of rotatable bonds is 6. The van der Waals surface area contributed by atoms with Gasteiger partial charge in [0.25, 0.3) is 0 Å². The lowest BCUT2D eigenvalue weighted by Crippen LogP contribution is -2.19. The molecule has 2 heterocycles. The topological polar surface area (TPSA) is 67.3 Å². The van der Waals surface area contributed by atoms with Crippen LogP contribution < -0.4 is 10.1 Å². The van der Waals surface area contributed by atoms with E-state index in [1.54, 1.807) is 12.3 Å². The van der Waals surface area contributed by atoms with Gasteiger partial charge in [-0.1, -0.05) is 0 Å². The predicted molar refractivity (Wildman–Crippen MR) is 89.9 cm³/mol. The normalized spacial score (nSPS) is 12.3. The molecule has 0 aliphatic heterocycles. The molecular formula is C16H16FN3O2S. The molecule has 3 aromatic rings. The number of halogens is 1. The first-order chi connectivity index (χ1) is 11.2. The quantitative estimate of drug-likeness (QED) is 0.725. The van der Waals surface area contributed by atoms with Crippen LogP contribution >= 0.6 is 11.3 Å². The van der Waals surface area contributed by atoms with Crippen molar-refractivity contribution in [2.24, 2.45) is 0 Å². The van der Waals surface area contributed by atoms with Crippen LogP contribution in [0.5, 0.6) is 5.75 Å². The number of pyridine rings is 1. The maximum Gasteiger partial charge on any atom is 0.126 e. The van der Waals surface area contributed by atoms with Gasteiger partial charge in [0, 0.05) is 18.8 Å². The summed E-state index contributed by atoms with van der Waals surface area (Å²) in [6.07, 6.45) is 0.679. The van der Waals surface area contributed by atoms with E-state index < -0.39 is 12.8 Å². The number of aliphatic hydroxyl groups excluding tert-OH is 1. The Labute approximate surface area is 136 Å². The van der Waals surface area contributed by atoms with E-state index in [9.17, 15) is 9.50 Å². The van der Waals surface area contributed by atoms with E-state index in [1.807, 2.05) is 31.3 Å². The van der Waals surface area contributed by atoms with Crippen LogP contribution in [-0.4, -0.2) is 41.5 Å². The van der Waals surface area contributed by atoms with E-state index in [0.29, 0.717) is 5.75 Å². The summed E-state index contributed by atoms with van der Waals surface area (Å²) in [7, 11) is 1.82. The average molecular weight is 333 g/mol. The smallest absolute Gasteiger partial charge is 0.126 e. The van der Waals surface area contributed by atoms with E-state index in [0.717, 1.165) is 26.6 Å². The van der Waals surface area contributed by atoms with Crippen molar-refractivity contribution >= 4 is 27.4 Å². The molecule has 0 saturated heterocycles. The van der Waals surface area contributed by atoms with E-state index in [1.165, 1.54) is 11.3 Å². The van der Waals surface area contributed by atoms with Crippen molar-refractivity contribution in [3.8, 4) is 16.3 Å². The summed E-state index contributed by atoms with van der Waals surface area (Å²) in [5, 5.41) is 13.1. The molecule has 2 aromatic heterocycles. The molecule has 0 fully saturated rings. The van der Waals surface area contributed by atoms with Gasteiger partial charge in [0.05, 0.1) is 10.2 Å². The second-order valence-electron chi connectivity index (χ2n) is 4.95. The van der Waals surface area contributed by atoms with Gasteiger partial charge in [0.15, 0.2) is 0 Å². The molecule has 0 radical (unpaired) electrons. The zero-order valence-corrected chi connectivity index (χ0v) is 13.3. The number of fused-ring (bicyclic) bond motifs is 1. The Balaban J connectivity index is 1.83. The molecule has 0 spiro atoms. The highest BCUT2D eigenvalue weighted by Crippen LogP contribution is 2.32. The first kappa shape index (κ1) is 15.6. The fourth-order valence-corrected chi connectivity index (χ4v) is 3.01. The Bertz CT molecular complexity index is 792. The molecule has 0 aliphatic carbocycles. The van der Waals surface area contributed by atoms with Crippen LogP contribution in [0, 0.1) is 0 Å². The lowest BCUT2D eigenvalue weighted by molar-refractivity contribution is 0.0842. The molecule has 5 nitrogen and oxygen atoms in total. The molecule has 0 aliphatic rings. The minimum absolute atomic E-state index is 0.0664. The predicted octanol–water partition coefficient (Wildman–Crippen LogP) is 3.11. The summed E-state index contributed by atoms with van der Waals surface area (Å²) in [6.45, 7) is -0.883. The standard InChI is InChI=1S/C16H16FN3O2S/c1-18-15-5-2-10(8-19-15)16-20-13-4-3-12(6-14(13)23-16)22-9-11(21)7-17/h2-6,8,11,21H,7,9H2,1H3,(H,18,19). The SMILES string of the molecule is CNc1ccc(-c2nc3ccc(OCC(O)CF)cc3s2)cn1. The first-order valence-corrected chi connectivity index (χ1v) is 7.93. The van der Waals surface area contributed by atoms with Gasteiger partial charge < -0.3 is 15.2 Å². The van der Waals surface area contributed by atoms with E-state index in [-0.39, 0.29) is 6.61 Å². The fourth-order valence-electron chi connectivity index (χ4n) is 2.02. The Hall–Kier alpha value is -2.25. The van der Waals surface area contributed by atoms with E-state index in [2.05, 4.69) is 15.3 Å². The minimum Gasteiger partial charge on any atom is -0.491 e. The molecule has 0 saturated carbocycles. The van der Waals surface area contributed by atoms with Crippen LogP contribution in [0.3, 0.4) is 0 Å². The van der Waals surface area contributed by atoms with Gasteiger partial charge in [-0.2, -0.15) is 0 Å². The Morgan fingerprint density at radius 2 is 2.22 bits per heavy atom. The molecule has 1 unspecified atom stereocenters. The van der Waals surface area contributed by atoms with Crippen LogP contribution in [0.25, 0.3) is 20.8 Å². The van der Waals surface area contributed by atoms with E-state index in [4.69, 9.17) is 4.74 Å². The van der Waals surface area contributed by atoms with Gasteiger partial charge in [-0.05, 0) is 30.3 Å². The number of nitrogens with one attached hydrogen (secondary N) is 1. The third-order valence-electron chi connectivity index (χ3n) is 3.25. The number of nitrogens with zero attached hydrogens (tertiary/aromatic N) is 2. The maximum absolute atomic E-state index is 12.2. The summed E-state index contributed by atoms with van der Waals surface area (Å²) in [6, 6.07) is 9.32. The van der Waals surface area contributed by atoms with Crippen LogP contribution in [0.1, 0.15) is 0 Å². The van der Waals surface area contributed by atoms with Gasteiger partial charge in [-0.3, -0.25) is 0 Å². The monoisotopic (exact) mass is 333 g/mol. The van der Waals surface area contributed by atoms with Crippen molar-refractivity contribution in [3.63, 3.8) is 0 Å². The van der Waals surface area contributed by atoms with Crippen molar-refractivity contribution in [3.05, 3.63) is 36.5 Å². The highest BCUT2D eigenvalue weighted by Gasteiger charge is 2.09. The van der Waals surface area contributed by atoms with Crippen molar-refractivity contribution in [1.29, 1.82) is 0 Å². The number of benzene rings is 1. The fraction of sp³-hybridized carbons (Fsp3) is 0.250.